The Bertz CT molecular complexity index is 633. The molecular formula is C17H17FO3. The van der Waals surface area contributed by atoms with Crippen LogP contribution in [-0.2, 0) is 6.61 Å². The third kappa shape index (κ3) is 4.05. The van der Waals surface area contributed by atoms with Gasteiger partial charge in [0, 0.05) is 0 Å². The Balaban J connectivity index is 2.07. The van der Waals surface area contributed by atoms with Gasteiger partial charge in [-0.15, -0.1) is 0 Å². The maximum atomic E-state index is 13.3. The molecule has 0 saturated carbocycles. The molecule has 0 aliphatic rings. The Morgan fingerprint density at radius 2 is 1.86 bits per heavy atom. The van der Waals surface area contributed by atoms with Crippen molar-refractivity contribution in [3.8, 4) is 5.75 Å². The van der Waals surface area contributed by atoms with Crippen molar-refractivity contribution in [2.24, 2.45) is 0 Å². The van der Waals surface area contributed by atoms with Gasteiger partial charge in [-0.2, -0.15) is 0 Å². The van der Waals surface area contributed by atoms with Crippen LogP contribution in [0, 0.1) is 5.82 Å². The summed E-state index contributed by atoms with van der Waals surface area (Å²) in [7, 11) is 0. The van der Waals surface area contributed by atoms with Gasteiger partial charge < -0.3 is 9.84 Å². The number of carbonyl (C=O) groups is 1. The van der Waals surface area contributed by atoms with Crippen LogP contribution < -0.4 is 4.74 Å². The molecule has 0 spiro atoms. The zero-order chi connectivity index (χ0) is 15.4. The molecule has 0 aliphatic heterocycles. The van der Waals surface area contributed by atoms with Gasteiger partial charge in [-0.3, -0.25) is 0 Å². The van der Waals surface area contributed by atoms with Gasteiger partial charge in [-0.1, -0.05) is 26.0 Å². The first kappa shape index (κ1) is 15.0. The van der Waals surface area contributed by atoms with Crippen molar-refractivity contribution in [2.75, 3.05) is 0 Å². The van der Waals surface area contributed by atoms with E-state index in [4.69, 9.17) is 9.84 Å². The van der Waals surface area contributed by atoms with E-state index >= 15 is 0 Å². The van der Waals surface area contributed by atoms with Crippen molar-refractivity contribution < 1.29 is 19.0 Å². The van der Waals surface area contributed by atoms with Gasteiger partial charge in [0.1, 0.15) is 18.2 Å². The van der Waals surface area contributed by atoms with Crippen LogP contribution >= 0.6 is 0 Å². The first-order valence-corrected chi connectivity index (χ1v) is 6.71. The lowest BCUT2D eigenvalue weighted by atomic mass is 10.0. The molecule has 3 nitrogen and oxygen atoms in total. The number of ether oxygens (including phenoxy) is 1. The van der Waals surface area contributed by atoms with Crippen molar-refractivity contribution in [1.82, 2.24) is 0 Å². The van der Waals surface area contributed by atoms with E-state index in [1.54, 1.807) is 0 Å². The van der Waals surface area contributed by atoms with Crippen molar-refractivity contribution in [1.29, 1.82) is 0 Å². The molecule has 0 heterocycles. The van der Waals surface area contributed by atoms with Crippen molar-refractivity contribution in [3.63, 3.8) is 0 Å². The number of halogens is 1. The fourth-order valence-electron chi connectivity index (χ4n) is 1.97. The van der Waals surface area contributed by atoms with Crippen LogP contribution in [-0.4, -0.2) is 11.1 Å². The minimum atomic E-state index is -1.16. The second-order valence-electron chi connectivity index (χ2n) is 5.17. The Labute approximate surface area is 123 Å². The number of aromatic carboxylic acids is 1. The van der Waals surface area contributed by atoms with Gasteiger partial charge in [0.15, 0.2) is 0 Å². The summed E-state index contributed by atoms with van der Waals surface area (Å²) in [5.74, 6) is -0.623. The van der Waals surface area contributed by atoms with Crippen LogP contribution in [0.1, 0.15) is 41.3 Å². The third-order valence-electron chi connectivity index (χ3n) is 3.16. The molecule has 0 fully saturated rings. The summed E-state index contributed by atoms with van der Waals surface area (Å²) in [5, 5.41) is 8.89. The minimum Gasteiger partial charge on any atom is -0.489 e. The Morgan fingerprint density at radius 3 is 2.43 bits per heavy atom. The first-order valence-electron chi connectivity index (χ1n) is 6.71. The van der Waals surface area contributed by atoms with Crippen molar-refractivity contribution >= 4 is 5.97 Å². The molecule has 0 aliphatic carbocycles. The van der Waals surface area contributed by atoms with Crippen molar-refractivity contribution in [2.45, 2.75) is 26.4 Å². The zero-order valence-electron chi connectivity index (χ0n) is 12.0. The zero-order valence-corrected chi connectivity index (χ0v) is 12.0. The smallest absolute Gasteiger partial charge is 0.335 e. The average molecular weight is 288 g/mol. The van der Waals surface area contributed by atoms with E-state index in [2.05, 4.69) is 13.8 Å². The Kier molecular flexibility index (Phi) is 4.58. The summed E-state index contributed by atoms with van der Waals surface area (Å²) >= 11 is 0. The Hall–Kier alpha value is -2.36. The molecule has 0 atom stereocenters. The maximum Gasteiger partial charge on any atom is 0.335 e. The summed E-state index contributed by atoms with van der Waals surface area (Å²) < 4.78 is 18.9. The van der Waals surface area contributed by atoms with Gasteiger partial charge in [0.25, 0.3) is 0 Å². The SMILES string of the molecule is CC(C)c1ccc(OCc2cc(F)cc(C(=O)O)c2)cc1. The van der Waals surface area contributed by atoms with E-state index in [0.29, 0.717) is 17.2 Å². The molecule has 1 N–H and O–H groups in total. The highest BCUT2D eigenvalue weighted by Crippen LogP contribution is 2.20. The van der Waals surface area contributed by atoms with Gasteiger partial charge in [0.05, 0.1) is 5.56 Å². The third-order valence-corrected chi connectivity index (χ3v) is 3.16. The predicted molar refractivity (Wildman–Crippen MR) is 78.2 cm³/mol. The van der Waals surface area contributed by atoms with Crippen molar-refractivity contribution in [3.05, 3.63) is 65.0 Å². The molecule has 2 aromatic rings. The lowest BCUT2D eigenvalue weighted by molar-refractivity contribution is 0.0696. The van der Waals surface area contributed by atoms with Gasteiger partial charge >= 0.3 is 5.97 Å². The van der Waals surface area contributed by atoms with Gasteiger partial charge in [0.2, 0.25) is 0 Å². The molecular weight excluding hydrogens is 271 g/mol. The topological polar surface area (TPSA) is 46.5 Å². The maximum absolute atomic E-state index is 13.3. The molecule has 4 heteroatoms. The number of carboxylic acids is 1. The molecule has 21 heavy (non-hydrogen) atoms. The summed E-state index contributed by atoms with van der Waals surface area (Å²) in [6.07, 6.45) is 0. The molecule has 0 aromatic heterocycles. The fraction of sp³-hybridized carbons (Fsp3) is 0.235. The number of carboxylic acid groups (broad SMARTS) is 1. The molecule has 0 bridgehead atoms. The first-order chi connectivity index (χ1) is 9.95. The predicted octanol–water partition coefficient (Wildman–Crippen LogP) is 4.23. The molecule has 0 saturated heterocycles. The van der Waals surface area contributed by atoms with Crippen LogP contribution in [0.15, 0.2) is 42.5 Å². The average Bonchev–Trinajstić information content (AvgIpc) is 2.45. The monoisotopic (exact) mass is 288 g/mol. The van der Waals surface area contributed by atoms with E-state index in [-0.39, 0.29) is 12.2 Å². The summed E-state index contributed by atoms with van der Waals surface area (Å²) in [5.41, 5.74) is 1.62. The highest BCUT2D eigenvalue weighted by Gasteiger charge is 2.08. The largest absolute Gasteiger partial charge is 0.489 e. The Morgan fingerprint density at radius 1 is 1.19 bits per heavy atom. The summed E-state index contributed by atoms with van der Waals surface area (Å²) in [6, 6.07) is 11.3. The summed E-state index contributed by atoms with van der Waals surface area (Å²) in [4.78, 5) is 10.9. The highest BCUT2D eigenvalue weighted by molar-refractivity contribution is 5.87. The highest BCUT2D eigenvalue weighted by atomic mass is 19.1. The molecule has 0 amide bonds. The van der Waals surface area contributed by atoms with E-state index in [0.717, 1.165) is 6.07 Å². The number of hydrogen-bond donors (Lipinski definition) is 1. The number of hydrogen-bond acceptors (Lipinski definition) is 2. The molecule has 110 valence electrons. The van der Waals surface area contributed by atoms with E-state index < -0.39 is 11.8 Å². The van der Waals surface area contributed by atoms with Crippen LogP contribution in [0.25, 0.3) is 0 Å². The molecule has 0 radical (unpaired) electrons. The quantitative estimate of drug-likeness (QED) is 0.895. The van der Waals surface area contributed by atoms with Gasteiger partial charge in [-0.05, 0) is 47.4 Å². The number of rotatable bonds is 5. The molecule has 2 rings (SSSR count). The van der Waals surface area contributed by atoms with Crippen LogP contribution in [0.4, 0.5) is 4.39 Å². The second kappa shape index (κ2) is 6.39. The molecule has 2 aromatic carbocycles. The number of benzene rings is 2. The standard InChI is InChI=1S/C17H17FO3/c1-11(2)13-3-5-16(6-4-13)21-10-12-7-14(17(19)20)9-15(18)8-12/h3-9,11H,10H2,1-2H3,(H,19,20). The normalized spacial score (nSPS) is 10.7. The fourth-order valence-corrected chi connectivity index (χ4v) is 1.97. The van der Waals surface area contributed by atoms with Crippen LogP contribution in [0.2, 0.25) is 0 Å². The van der Waals surface area contributed by atoms with E-state index in [1.165, 1.54) is 17.7 Å². The summed E-state index contributed by atoms with van der Waals surface area (Å²) in [6.45, 7) is 4.34. The second-order valence-corrected chi connectivity index (χ2v) is 5.17. The van der Waals surface area contributed by atoms with E-state index in [1.807, 2.05) is 24.3 Å². The van der Waals surface area contributed by atoms with Crippen LogP contribution in [0.3, 0.4) is 0 Å². The minimum absolute atomic E-state index is 0.0799. The lowest BCUT2D eigenvalue weighted by Crippen LogP contribution is -2.02. The van der Waals surface area contributed by atoms with E-state index in [9.17, 15) is 9.18 Å². The lowest BCUT2D eigenvalue weighted by Gasteiger charge is -2.09. The van der Waals surface area contributed by atoms with Gasteiger partial charge in [-0.25, -0.2) is 9.18 Å². The molecule has 0 unspecified atom stereocenters. The van der Waals surface area contributed by atoms with Crippen LogP contribution in [0.5, 0.6) is 5.75 Å².